The molecule has 0 aromatic carbocycles. The van der Waals surface area contributed by atoms with Crippen molar-refractivity contribution in [3.63, 3.8) is 0 Å². The summed E-state index contributed by atoms with van der Waals surface area (Å²) in [6.45, 7) is 1.39. The van der Waals surface area contributed by atoms with E-state index in [0.29, 0.717) is 21.9 Å². The van der Waals surface area contributed by atoms with E-state index < -0.39 is 0 Å². The molecule has 12 heavy (non-hydrogen) atoms. The third kappa shape index (κ3) is 2.33. The first-order chi connectivity index (χ1) is 5.63. The Kier molecular flexibility index (Phi) is 3.31. The molecule has 0 radical (unpaired) electrons. The summed E-state index contributed by atoms with van der Waals surface area (Å²) in [4.78, 5) is 10.6. The molecule has 0 aromatic heterocycles. The van der Waals surface area contributed by atoms with Crippen LogP contribution >= 0.6 is 11.6 Å². The molecule has 0 aliphatic heterocycles. The Bertz CT molecular complexity index is 217. The molecule has 0 aromatic rings. The van der Waals surface area contributed by atoms with Gasteiger partial charge in [0.1, 0.15) is 16.6 Å². The Morgan fingerprint density at radius 3 is 2.92 bits per heavy atom. The number of hydrogen-bond donors (Lipinski definition) is 0. The third-order valence-electron chi connectivity index (χ3n) is 1.70. The van der Waals surface area contributed by atoms with Gasteiger partial charge in [-0.2, -0.15) is 0 Å². The molecular formula is C7H11ClO3Si. The van der Waals surface area contributed by atoms with Crippen LogP contribution in [0, 0.1) is 0 Å². The second-order valence-corrected chi connectivity index (χ2v) is 3.57. The Balaban J connectivity index is 2.48. The Morgan fingerprint density at radius 2 is 2.50 bits per heavy atom. The van der Waals surface area contributed by atoms with E-state index in [1.54, 1.807) is 6.08 Å². The molecule has 1 aliphatic carbocycles. The fourth-order valence-corrected chi connectivity index (χ4v) is 2.10. The number of carbonyl (C=O) groups is 1. The van der Waals surface area contributed by atoms with Crippen LogP contribution < -0.4 is 0 Å². The van der Waals surface area contributed by atoms with E-state index in [-0.39, 0.29) is 18.2 Å². The van der Waals surface area contributed by atoms with Gasteiger partial charge in [-0.1, -0.05) is 11.6 Å². The van der Waals surface area contributed by atoms with E-state index in [1.807, 2.05) is 0 Å². The van der Waals surface area contributed by atoms with Gasteiger partial charge in [-0.3, -0.25) is 4.79 Å². The normalized spacial score (nSPS) is 28.7. The van der Waals surface area contributed by atoms with Crippen molar-refractivity contribution in [2.75, 3.05) is 0 Å². The van der Waals surface area contributed by atoms with Crippen LogP contribution in [0.25, 0.3) is 0 Å². The average Bonchev–Trinajstić information content (AvgIpc) is 2.29. The van der Waals surface area contributed by atoms with E-state index in [4.69, 9.17) is 20.8 Å². The molecule has 0 heterocycles. The number of rotatable bonds is 2. The Hall–Kier alpha value is -0.323. The molecule has 1 rings (SSSR count). The maximum Gasteiger partial charge on any atom is 0.303 e. The van der Waals surface area contributed by atoms with Gasteiger partial charge in [-0.05, 0) is 6.08 Å². The highest BCUT2D eigenvalue weighted by atomic mass is 35.5. The predicted molar refractivity (Wildman–Crippen MR) is 48.9 cm³/mol. The van der Waals surface area contributed by atoms with E-state index in [9.17, 15) is 4.79 Å². The lowest BCUT2D eigenvalue weighted by Gasteiger charge is -2.11. The van der Waals surface area contributed by atoms with Gasteiger partial charge in [0.15, 0.2) is 0 Å². The Labute approximate surface area is 79.2 Å². The molecule has 2 atom stereocenters. The third-order valence-corrected chi connectivity index (χ3v) is 2.64. The van der Waals surface area contributed by atoms with Crippen molar-refractivity contribution in [3.05, 3.63) is 11.1 Å². The molecule has 0 N–H and O–H groups in total. The van der Waals surface area contributed by atoms with Gasteiger partial charge in [-0.25, -0.2) is 0 Å². The van der Waals surface area contributed by atoms with E-state index >= 15 is 0 Å². The first-order valence-electron chi connectivity index (χ1n) is 3.70. The average molecular weight is 207 g/mol. The molecule has 5 heteroatoms. The minimum atomic E-state index is -0.283. The predicted octanol–water partition coefficient (Wildman–Crippen LogP) is 0.110. The summed E-state index contributed by atoms with van der Waals surface area (Å²) < 4.78 is 10.1. The van der Waals surface area contributed by atoms with Gasteiger partial charge in [0.2, 0.25) is 0 Å². The van der Waals surface area contributed by atoms with Gasteiger partial charge in [0.05, 0.1) is 6.10 Å². The van der Waals surface area contributed by atoms with E-state index in [1.165, 1.54) is 6.92 Å². The minimum Gasteiger partial charge on any atom is -0.458 e. The van der Waals surface area contributed by atoms with E-state index in [0.717, 1.165) is 0 Å². The molecule has 3 nitrogen and oxygen atoms in total. The molecule has 0 bridgehead atoms. The fourth-order valence-electron chi connectivity index (χ4n) is 1.18. The summed E-state index contributed by atoms with van der Waals surface area (Å²) in [5, 5.41) is 0.649. The van der Waals surface area contributed by atoms with Gasteiger partial charge < -0.3 is 9.16 Å². The van der Waals surface area contributed by atoms with Crippen LogP contribution in [-0.2, 0) is 14.0 Å². The smallest absolute Gasteiger partial charge is 0.303 e. The van der Waals surface area contributed by atoms with Crippen molar-refractivity contribution in [1.29, 1.82) is 0 Å². The van der Waals surface area contributed by atoms with Crippen molar-refractivity contribution < 1.29 is 14.0 Å². The number of esters is 1. The highest BCUT2D eigenvalue weighted by molar-refractivity contribution is 6.30. The van der Waals surface area contributed by atoms with Crippen LogP contribution in [0.1, 0.15) is 13.3 Å². The first-order valence-corrected chi connectivity index (χ1v) is 4.90. The first kappa shape index (κ1) is 9.76. The van der Waals surface area contributed by atoms with Crippen LogP contribution in [0.4, 0.5) is 0 Å². The topological polar surface area (TPSA) is 35.5 Å². The number of carbonyl (C=O) groups excluding carboxylic acids is 1. The molecular weight excluding hydrogens is 196 g/mol. The van der Waals surface area contributed by atoms with E-state index in [2.05, 4.69) is 0 Å². The summed E-state index contributed by atoms with van der Waals surface area (Å²) in [5.74, 6) is -0.283. The van der Waals surface area contributed by atoms with Crippen LogP contribution in [-0.4, -0.2) is 28.7 Å². The van der Waals surface area contributed by atoms with Gasteiger partial charge in [0.25, 0.3) is 0 Å². The van der Waals surface area contributed by atoms with Gasteiger partial charge >= 0.3 is 5.97 Å². The zero-order chi connectivity index (χ0) is 9.14. The number of ether oxygens (including phenoxy) is 1. The summed E-state index contributed by atoms with van der Waals surface area (Å²) in [7, 11) is 0.644. The fraction of sp³-hybridized carbons (Fsp3) is 0.571. The van der Waals surface area contributed by atoms with Crippen LogP contribution in [0.5, 0.6) is 0 Å². The minimum absolute atomic E-state index is 0.0531. The van der Waals surface area contributed by atoms with Crippen molar-refractivity contribution in [2.45, 2.75) is 25.6 Å². The highest BCUT2D eigenvalue weighted by Crippen LogP contribution is 2.26. The van der Waals surface area contributed by atoms with Gasteiger partial charge in [0, 0.05) is 18.4 Å². The number of halogens is 1. The van der Waals surface area contributed by atoms with Crippen molar-refractivity contribution in [1.82, 2.24) is 0 Å². The monoisotopic (exact) mass is 206 g/mol. The quantitative estimate of drug-likeness (QED) is 0.475. The second-order valence-electron chi connectivity index (χ2n) is 2.66. The zero-order valence-corrected chi connectivity index (χ0v) is 9.80. The molecule has 0 fully saturated rings. The lowest BCUT2D eigenvalue weighted by atomic mass is 10.3. The standard InChI is InChI=1S/C7H11ClO3Si/c1-4(9)10-5-2-6(8)7(3-5)11-12/h2,5,7H,3H2,1,12H3/t5-,7+/m1/s1. The summed E-state index contributed by atoms with van der Waals surface area (Å²) >= 11 is 5.82. The molecule has 1 aliphatic rings. The number of hydrogen-bond acceptors (Lipinski definition) is 3. The van der Waals surface area contributed by atoms with Crippen LogP contribution in [0.2, 0.25) is 0 Å². The molecule has 0 amide bonds. The van der Waals surface area contributed by atoms with Crippen LogP contribution in [0.3, 0.4) is 0 Å². The molecule has 0 spiro atoms. The zero-order valence-electron chi connectivity index (χ0n) is 7.04. The SMILES string of the molecule is CC(=O)O[C@@H]1C=C(Cl)[C@@H](O[SiH3])C1. The lowest BCUT2D eigenvalue weighted by Crippen LogP contribution is -2.16. The molecule has 68 valence electrons. The van der Waals surface area contributed by atoms with Crippen molar-refractivity contribution in [3.8, 4) is 0 Å². The summed E-state index contributed by atoms with van der Waals surface area (Å²) in [5.41, 5.74) is 0. The maximum atomic E-state index is 10.6. The maximum absolute atomic E-state index is 10.6. The van der Waals surface area contributed by atoms with Crippen molar-refractivity contribution in [2.24, 2.45) is 0 Å². The second kappa shape index (κ2) is 4.07. The van der Waals surface area contributed by atoms with Gasteiger partial charge in [-0.15, -0.1) is 0 Å². The van der Waals surface area contributed by atoms with Crippen LogP contribution in [0.15, 0.2) is 11.1 Å². The largest absolute Gasteiger partial charge is 0.458 e. The molecule has 0 saturated carbocycles. The molecule has 0 saturated heterocycles. The summed E-state index contributed by atoms with van der Waals surface area (Å²) in [6, 6.07) is 0. The molecule has 0 unspecified atom stereocenters. The van der Waals surface area contributed by atoms with Crippen molar-refractivity contribution >= 4 is 28.1 Å². The Morgan fingerprint density at radius 1 is 1.83 bits per heavy atom. The lowest BCUT2D eigenvalue weighted by molar-refractivity contribution is -0.144. The highest BCUT2D eigenvalue weighted by Gasteiger charge is 2.26. The summed E-state index contributed by atoms with van der Waals surface area (Å²) in [6.07, 6.45) is 2.13.